The molecule has 0 bridgehead atoms. The number of aromatic nitrogens is 1. The van der Waals surface area contributed by atoms with Gasteiger partial charge in [-0.1, -0.05) is 6.92 Å². The summed E-state index contributed by atoms with van der Waals surface area (Å²) in [4.78, 5) is 17.3. The van der Waals surface area contributed by atoms with Gasteiger partial charge in [0.05, 0.1) is 17.2 Å². The van der Waals surface area contributed by atoms with Gasteiger partial charge >= 0.3 is 0 Å². The maximum absolute atomic E-state index is 12.3. The van der Waals surface area contributed by atoms with Crippen LogP contribution in [-0.2, 0) is 6.54 Å². The number of pyridine rings is 1. The predicted octanol–water partition coefficient (Wildman–Crippen LogP) is 3.34. The zero-order valence-electron chi connectivity index (χ0n) is 12.5. The number of anilines is 1. The van der Waals surface area contributed by atoms with E-state index >= 15 is 0 Å². The van der Waals surface area contributed by atoms with Crippen LogP contribution in [0.1, 0.15) is 28.4 Å². The predicted molar refractivity (Wildman–Crippen MR) is 95.1 cm³/mol. The quantitative estimate of drug-likeness (QED) is 0.763. The van der Waals surface area contributed by atoms with Crippen molar-refractivity contribution in [2.24, 2.45) is 0 Å². The molecule has 0 unspecified atom stereocenters. The number of nitrogens with one attached hydrogen (secondary N) is 1. The number of hydrogen-bond donors (Lipinski definition) is 2. The van der Waals surface area contributed by atoms with Gasteiger partial charge < -0.3 is 11.1 Å². The van der Waals surface area contributed by atoms with Crippen molar-refractivity contribution in [1.82, 2.24) is 10.3 Å². The summed E-state index contributed by atoms with van der Waals surface area (Å²) >= 11 is 4.94. The van der Waals surface area contributed by atoms with Gasteiger partial charge in [-0.25, -0.2) is 4.98 Å². The molecule has 118 valence electrons. The highest BCUT2D eigenvalue weighted by Gasteiger charge is 2.12. The standard InChI is InChI=1S/C16H15BrN4OS/c1-2-23-14-4-3-10(7-18)5-11(14)8-21-16(22)13-6-12(17)9-20-15(13)19/h3-6,9H,2,8H2,1H3,(H2,19,20)(H,21,22). The van der Waals surface area contributed by atoms with Crippen LogP contribution >= 0.6 is 27.7 Å². The third-order valence-corrected chi connectivity index (χ3v) is 4.49. The zero-order valence-corrected chi connectivity index (χ0v) is 14.9. The second-order valence-corrected chi connectivity index (χ2v) is 6.86. The van der Waals surface area contributed by atoms with Crippen molar-refractivity contribution >= 4 is 39.4 Å². The van der Waals surface area contributed by atoms with Crippen LogP contribution in [-0.4, -0.2) is 16.6 Å². The Morgan fingerprint density at radius 3 is 2.96 bits per heavy atom. The molecule has 0 aliphatic carbocycles. The number of thioether (sulfide) groups is 1. The smallest absolute Gasteiger partial charge is 0.255 e. The normalized spacial score (nSPS) is 10.1. The number of nitrogens with two attached hydrogens (primary N) is 1. The molecule has 0 aliphatic rings. The van der Waals surface area contributed by atoms with Crippen LogP contribution in [0.5, 0.6) is 0 Å². The van der Waals surface area contributed by atoms with Gasteiger partial charge in [0.25, 0.3) is 5.91 Å². The van der Waals surface area contributed by atoms with E-state index in [2.05, 4.69) is 39.2 Å². The largest absolute Gasteiger partial charge is 0.383 e. The Morgan fingerprint density at radius 2 is 2.26 bits per heavy atom. The fourth-order valence-electron chi connectivity index (χ4n) is 1.99. The number of rotatable bonds is 5. The SMILES string of the molecule is CCSc1ccc(C#N)cc1CNC(=O)c1cc(Br)cnc1N. The maximum Gasteiger partial charge on any atom is 0.255 e. The van der Waals surface area contributed by atoms with Gasteiger partial charge in [-0.3, -0.25) is 4.79 Å². The number of carbonyl (C=O) groups excluding carboxylic acids is 1. The van der Waals surface area contributed by atoms with Gasteiger partial charge in [0.1, 0.15) is 5.82 Å². The molecule has 0 spiro atoms. The molecule has 23 heavy (non-hydrogen) atoms. The molecule has 7 heteroatoms. The minimum atomic E-state index is -0.300. The third kappa shape index (κ3) is 4.47. The van der Waals surface area contributed by atoms with E-state index in [4.69, 9.17) is 11.0 Å². The van der Waals surface area contributed by atoms with Crippen LogP contribution < -0.4 is 11.1 Å². The minimum Gasteiger partial charge on any atom is -0.383 e. The number of halogens is 1. The molecule has 0 aliphatic heterocycles. The lowest BCUT2D eigenvalue weighted by Crippen LogP contribution is -2.24. The molecule has 0 fully saturated rings. The van der Waals surface area contributed by atoms with Gasteiger partial charge in [-0.2, -0.15) is 5.26 Å². The maximum atomic E-state index is 12.3. The summed E-state index contributed by atoms with van der Waals surface area (Å²) in [5, 5.41) is 11.9. The molecule has 2 aromatic rings. The van der Waals surface area contributed by atoms with Crippen molar-refractivity contribution in [3.05, 3.63) is 51.6 Å². The Kier molecular flexibility index (Phi) is 6.02. The summed E-state index contributed by atoms with van der Waals surface area (Å²) < 4.78 is 0.686. The summed E-state index contributed by atoms with van der Waals surface area (Å²) in [6.07, 6.45) is 1.54. The van der Waals surface area contributed by atoms with Gasteiger partial charge in [0, 0.05) is 22.1 Å². The van der Waals surface area contributed by atoms with Crippen LogP contribution in [0.15, 0.2) is 39.8 Å². The van der Waals surface area contributed by atoms with E-state index in [9.17, 15) is 4.79 Å². The van der Waals surface area contributed by atoms with Crippen LogP contribution in [0.2, 0.25) is 0 Å². The van der Waals surface area contributed by atoms with Crippen molar-refractivity contribution < 1.29 is 4.79 Å². The molecular weight excluding hydrogens is 376 g/mol. The van der Waals surface area contributed by atoms with Crippen molar-refractivity contribution in [3.63, 3.8) is 0 Å². The highest BCUT2D eigenvalue weighted by atomic mass is 79.9. The van der Waals surface area contributed by atoms with E-state index < -0.39 is 0 Å². The number of nitriles is 1. The Labute approximate surface area is 147 Å². The first kappa shape index (κ1) is 17.3. The zero-order chi connectivity index (χ0) is 16.8. The van der Waals surface area contributed by atoms with Crippen molar-refractivity contribution in [3.8, 4) is 6.07 Å². The lowest BCUT2D eigenvalue weighted by Gasteiger charge is -2.11. The number of amides is 1. The Balaban J connectivity index is 2.18. The van der Waals surface area contributed by atoms with E-state index in [1.165, 1.54) is 0 Å². The highest BCUT2D eigenvalue weighted by Crippen LogP contribution is 2.24. The Morgan fingerprint density at radius 1 is 1.48 bits per heavy atom. The van der Waals surface area contributed by atoms with Gasteiger partial charge in [-0.15, -0.1) is 11.8 Å². The van der Waals surface area contributed by atoms with E-state index in [1.807, 2.05) is 6.07 Å². The van der Waals surface area contributed by atoms with Crippen molar-refractivity contribution in [2.75, 3.05) is 11.5 Å². The lowest BCUT2D eigenvalue weighted by atomic mass is 10.1. The number of nitrogen functional groups attached to an aromatic ring is 1. The summed E-state index contributed by atoms with van der Waals surface area (Å²) in [5.74, 6) is 0.792. The summed E-state index contributed by atoms with van der Waals surface area (Å²) in [5.41, 5.74) is 7.54. The molecule has 1 heterocycles. The van der Waals surface area contributed by atoms with Gasteiger partial charge in [0.15, 0.2) is 0 Å². The molecule has 3 N–H and O–H groups in total. The fraction of sp³-hybridized carbons (Fsp3) is 0.188. The monoisotopic (exact) mass is 390 g/mol. The molecule has 0 atom stereocenters. The molecule has 5 nitrogen and oxygen atoms in total. The topological polar surface area (TPSA) is 91.8 Å². The number of nitrogens with zero attached hydrogens (tertiary/aromatic N) is 2. The molecule has 0 radical (unpaired) electrons. The third-order valence-electron chi connectivity index (χ3n) is 3.06. The van der Waals surface area contributed by atoms with Crippen molar-refractivity contribution in [2.45, 2.75) is 18.4 Å². The highest BCUT2D eigenvalue weighted by molar-refractivity contribution is 9.10. The first-order chi connectivity index (χ1) is 11.0. The molecule has 0 saturated heterocycles. The Bertz CT molecular complexity index is 773. The summed E-state index contributed by atoms with van der Waals surface area (Å²) in [6.45, 7) is 2.38. The average Bonchev–Trinajstić information content (AvgIpc) is 2.56. The van der Waals surface area contributed by atoms with E-state index in [0.717, 1.165) is 16.2 Å². The summed E-state index contributed by atoms with van der Waals surface area (Å²) in [6, 6.07) is 9.22. The van der Waals surface area contributed by atoms with E-state index in [0.29, 0.717) is 22.1 Å². The lowest BCUT2D eigenvalue weighted by molar-refractivity contribution is 0.0951. The fourth-order valence-corrected chi connectivity index (χ4v) is 3.11. The number of benzene rings is 1. The van der Waals surface area contributed by atoms with Crippen LogP contribution in [0, 0.1) is 11.3 Å². The molecule has 1 amide bonds. The van der Waals surface area contributed by atoms with Crippen molar-refractivity contribution in [1.29, 1.82) is 5.26 Å². The molecular formula is C16H15BrN4OS. The molecule has 1 aromatic heterocycles. The first-order valence-electron chi connectivity index (χ1n) is 6.90. The van der Waals surface area contributed by atoms with Gasteiger partial charge in [0.2, 0.25) is 0 Å². The average molecular weight is 391 g/mol. The van der Waals surface area contributed by atoms with E-state index in [-0.39, 0.29) is 11.7 Å². The van der Waals surface area contributed by atoms with E-state index in [1.54, 1.807) is 36.2 Å². The molecule has 0 saturated carbocycles. The van der Waals surface area contributed by atoms with Gasteiger partial charge in [-0.05, 0) is 51.5 Å². The van der Waals surface area contributed by atoms with Crippen LogP contribution in [0.25, 0.3) is 0 Å². The summed E-state index contributed by atoms with van der Waals surface area (Å²) in [7, 11) is 0. The second kappa shape index (κ2) is 7.99. The number of hydrogen-bond acceptors (Lipinski definition) is 5. The minimum absolute atomic E-state index is 0.180. The van der Waals surface area contributed by atoms with Crippen LogP contribution in [0.3, 0.4) is 0 Å². The first-order valence-corrected chi connectivity index (χ1v) is 8.68. The number of carbonyl (C=O) groups is 1. The second-order valence-electron chi connectivity index (χ2n) is 4.64. The Hall–Kier alpha value is -2.04. The van der Waals surface area contributed by atoms with Crippen LogP contribution in [0.4, 0.5) is 5.82 Å². The molecule has 2 rings (SSSR count). The molecule has 1 aromatic carbocycles.